The number of piperazine rings is 1. The van der Waals surface area contributed by atoms with Crippen LogP contribution in [0.2, 0.25) is 0 Å². The zero-order valence-electron chi connectivity index (χ0n) is 17.1. The highest BCUT2D eigenvalue weighted by Crippen LogP contribution is 2.29. The summed E-state index contributed by atoms with van der Waals surface area (Å²) in [5.41, 5.74) is 1.24. The Hall–Kier alpha value is -1.34. The fraction of sp³-hybridized carbons (Fsp3) is 0.714. The molecular weight excluding hydrogens is 342 g/mol. The summed E-state index contributed by atoms with van der Waals surface area (Å²) in [6.07, 6.45) is 3.34. The molecule has 1 N–H and O–H groups in total. The van der Waals surface area contributed by atoms with E-state index in [4.69, 9.17) is 9.47 Å². The normalized spacial score (nSPS) is 23.5. The van der Waals surface area contributed by atoms with Crippen LogP contribution >= 0.6 is 0 Å². The van der Waals surface area contributed by atoms with Crippen LogP contribution in [0.1, 0.15) is 24.8 Å². The van der Waals surface area contributed by atoms with Gasteiger partial charge in [0.2, 0.25) is 0 Å². The van der Waals surface area contributed by atoms with Gasteiger partial charge in [-0.3, -0.25) is 9.80 Å². The number of aliphatic hydroxyl groups is 1. The molecule has 6 nitrogen and oxygen atoms in total. The second-order valence-electron chi connectivity index (χ2n) is 7.86. The predicted octanol–water partition coefficient (Wildman–Crippen LogP) is 1.67. The van der Waals surface area contributed by atoms with Crippen molar-refractivity contribution in [2.24, 2.45) is 0 Å². The highest BCUT2D eigenvalue weighted by molar-refractivity contribution is 5.42. The van der Waals surface area contributed by atoms with Crippen molar-refractivity contribution >= 4 is 0 Å². The van der Waals surface area contributed by atoms with Crippen LogP contribution in [0.4, 0.5) is 0 Å². The molecule has 0 spiro atoms. The van der Waals surface area contributed by atoms with Gasteiger partial charge in [-0.1, -0.05) is 6.07 Å². The summed E-state index contributed by atoms with van der Waals surface area (Å²) in [5, 5.41) is 9.59. The Morgan fingerprint density at radius 1 is 1.04 bits per heavy atom. The van der Waals surface area contributed by atoms with Gasteiger partial charge in [0.15, 0.2) is 11.5 Å². The molecule has 0 aliphatic carbocycles. The van der Waals surface area contributed by atoms with E-state index in [9.17, 15) is 5.11 Å². The fourth-order valence-electron chi connectivity index (χ4n) is 4.53. The van der Waals surface area contributed by atoms with Crippen molar-refractivity contribution in [3.8, 4) is 11.5 Å². The lowest BCUT2D eigenvalue weighted by Crippen LogP contribution is -2.58. The molecule has 27 heavy (non-hydrogen) atoms. The van der Waals surface area contributed by atoms with E-state index in [0.717, 1.165) is 44.1 Å². The molecule has 0 radical (unpaired) electrons. The molecular formula is C21H35N3O3. The summed E-state index contributed by atoms with van der Waals surface area (Å²) in [4.78, 5) is 7.60. The van der Waals surface area contributed by atoms with Crippen molar-refractivity contribution in [3.63, 3.8) is 0 Å². The van der Waals surface area contributed by atoms with Gasteiger partial charge >= 0.3 is 0 Å². The number of benzene rings is 1. The average Bonchev–Trinajstić information content (AvgIpc) is 2.69. The number of nitrogens with zero attached hydrogens (tertiary/aromatic N) is 3. The maximum absolute atomic E-state index is 9.59. The van der Waals surface area contributed by atoms with Crippen LogP contribution in [0.3, 0.4) is 0 Å². The van der Waals surface area contributed by atoms with E-state index in [1.165, 1.54) is 31.5 Å². The lowest BCUT2D eigenvalue weighted by atomic mass is 9.98. The molecule has 1 atom stereocenters. The van der Waals surface area contributed by atoms with E-state index in [2.05, 4.69) is 33.9 Å². The molecule has 0 amide bonds. The van der Waals surface area contributed by atoms with E-state index in [1.54, 1.807) is 14.2 Å². The van der Waals surface area contributed by atoms with Crippen molar-refractivity contribution in [1.82, 2.24) is 14.7 Å². The molecule has 152 valence electrons. The fourth-order valence-corrected chi connectivity index (χ4v) is 4.53. The first-order valence-electron chi connectivity index (χ1n) is 10.1. The molecule has 0 aromatic heterocycles. The number of ether oxygens (including phenoxy) is 2. The standard InChI is InChI=1S/C21H35N3O3/c1-22-9-6-18(7-10-22)24-12-11-23(16-19(24)8-13-25)15-17-4-5-20(26-2)21(14-17)27-3/h4-5,14,18-19,25H,6-13,15-16H2,1-3H3. The van der Waals surface area contributed by atoms with Gasteiger partial charge in [0.25, 0.3) is 0 Å². The lowest BCUT2D eigenvalue weighted by molar-refractivity contribution is 0.00598. The second kappa shape index (κ2) is 9.73. The van der Waals surface area contributed by atoms with Gasteiger partial charge in [0, 0.05) is 44.9 Å². The minimum atomic E-state index is 0.262. The molecule has 2 fully saturated rings. The highest BCUT2D eigenvalue weighted by atomic mass is 16.5. The van der Waals surface area contributed by atoms with Crippen LogP contribution in [0, 0.1) is 0 Å². The van der Waals surface area contributed by atoms with Crippen molar-refractivity contribution in [2.45, 2.75) is 37.9 Å². The Bertz CT molecular complexity index is 590. The number of methoxy groups -OCH3 is 2. The molecule has 1 aromatic rings. The molecule has 2 saturated heterocycles. The third kappa shape index (κ3) is 5.13. The zero-order valence-corrected chi connectivity index (χ0v) is 17.1. The molecule has 0 bridgehead atoms. The minimum absolute atomic E-state index is 0.262. The first kappa shape index (κ1) is 20.4. The Morgan fingerprint density at radius 2 is 1.78 bits per heavy atom. The van der Waals surface area contributed by atoms with Gasteiger partial charge in [-0.15, -0.1) is 0 Å². The van der Waals surface area contributed by atoms with E-state index >= 15 is 0 Å². The summed E-state index contributed by atoms with van der Waals surface area (Å²) in [7, 11) is 5.56. The quantitative estimate of drug-likeness (QED) is 0.780. The predicted molar refractivity (Wildman–Crippen MR) is 108 cm³/mol. The first-order valence-corrected chi connectivity index (χ1v) is 10.1. The topological polar surface area (TPSA) is 48.4 Å². The zero-order chi connectivity index (χ0) is 19.2. The van der Waals surface area contributed by atoms with Crippen LogP contribution in [0.15, 0.2) is 18.2 Å². The van der Waals surface area contributed by atoms with Crippen molar-refractivity contribution in [3.05, 3.63) is 23.8 Å². The molecule has 2 heterocycles. The van der Waals surface area contributed by atoms with Gasteiger partial charge < -0.3 is 19.5 Å². The molecule has 3 rings (SSSR count). The molecule has 0 saturated carbocycles. The van der Waals surface area contributed by atoms with E-state index in [1.807, 2.05) is 6.07 Å². The van der Waals surface area contributed by atoms with Gasteiger partial charge in [0.05, 0.1) is 14.2 Å². The van der Waals surface area contributed by atoms with Gasteiger partial charge in [-0.05, 0) is 57.1 Å². The van der Waals surface area contributed by atoms with Crippen LogP contribution in [0.25, 0.3) is 0 Å². The van der Waals surface area contributed by atoms with E-state index in [0.29, 0.717) is 12.1 Å². The van der Waals surface area contributed by atoms with Gasteiger partial charge in [-0.2, -0.15) is 0 Å². The summed E-state index contributed by atoms with van der Waals surface area (Å²) in [6.45, 7) is 6.71. The smallest absolute Gasteiger partial charge is 0.161 e. The maximum atomic E-state index is 9.59. The third-order valence-electron chi connectivity index (χ3n) is 6.09. The molecule has 1 unspecified atom stereocenters. The summed E-state index contributed by atoms with van der Waals surface area (Å²) < 4.78 is 10.8. The monoisotopic (exact) mass is 377 g/mol. The number of likely N-dealkylation sites (tertiary alicyclic amines) is 1. The number of hydrogen-bond acceptors (Lipinski definition) is 6. The molecule has 2 aliphatic heterocycles. The Labute approximate surface area is 163 Å². The van der Waals surface area contributed by atoms with Crippen LogP contribution < -0.4 is 9.47 Å². The van der Waals surface area contributed by atoms with Gasteiger partial charge in [0.1, 0.15) is 0 Å². The van der Waals surface area contributed by atoms with Crippen molar-refractivity contribution < 1.29 is 14.6 Å². The van der Waals surface area contributed by atoms with Crippen LogP contribution in [-0.2, 0) is 6.54 Å². The van der Waals surface area contributed by atoms with E-state index in [-0.39, 0.29) is 6.61 Å². The molecule has 1 aromatic carbocycles. The SMILES string of the molecule is COc1ccc(CN2CCN(C3CCN(C)CC3)C(CCO)C2)cc1OC. The van der Waals surface area contributed by atoms with E-state index < -0.39 is 0 Å². The Balaban J connectivity index is 1.62. The average molecular weight is 378 g/mol. The van der Waals surface area contributed by atoms with Crippen LogP contribution in [-0.4, -0.2) is 92.5 Å². The Kier molecular flexibility index (Phi) is 7.35. The Morgan fingerprint density at radius 3 is 2.44 bits per heavy atom. The first-order chi connectivity index (χ1) is 13.1. The van der Waals surface area contributed by atoms with Crippen molar-refractivity contribution in [2.75, 3.05) is 60.6 Å². The molecule has 6 heteroatoms. The van der Waals surface area contributed by atoms with Crippen LogP contribution in [0.5, 0.6) is 11.5 Å². The summed E-state index contributed by atoms with van der Waals surface area (Å²) in [5.74, 6) is 1.55. The van der Waals surface area contributed by atoms with Gasteiger partial charge in [-0.25, -0.2) is 0 Å². The summed E-state index contributed by atoms with van der Waals surface area (Å²) in [6, 6.07) is 7.28. The number of piperidine rings is 1. The minimum Gasteiger partial charge on any atom is -0.493 e. The third-order valence-corrected chi connectivity index (χ3v) is 6.09. The molecule has 2 aliphatic rings. The largest absolute Gasteiger partial charge is 0.493 e. The number of rotatable bonds is 7. The number of hydrogen-bond donors (Lipinski definition) is 1. The highest BCUT2D eigenvalue weighted by Gasteiger charge is 2.33. The van der Waals surface area contributed by atoms with Crippen molar-refractivity contribution in [1.29, 1.82) is 0 Å². The maximum Gasteiger partial charge on any atom is 0.161 e. The number of aliphatic hydroxyl groups excluding tert-OH is 1. The summed E-state index contributed by atoms with van der Waals surface area (Å²) >= 11 is 0. The second-order valence-corrected chi connectivity index (χ2v) is 7.86. The lowest BCUT2D eigenvalue weighted by Gasteiger charge is -2.47.